The lowest BCUT2D eigenvalue weighted by molar-refractivity contribution is 0.0897. The monoisotopic (exact) mass is 285 g/mol. The van der Waals surface area contributed by atoms with E-state index in [2.05, 4.69) is 15.3 Å². The topological polar surface area (TPSA) is 85.8 Å². The molecule has 0 radical (unpaired) electrons. The van der Waals surface area contributed by atoms with Gasteiger partial charge in [-0.25, -0.2) is 9.97 Å². The van der Waals surface area contributed by atoms with Crippen molar-refractivity contribution in [2.24, 2.45) is 11.7 Å². The highest BCUT2D eigenvalue weighted by atomic mass is 16.1. The Balaban J connectivity index is 1.73. The van der Waals surface area contributed by atoms with Crippen molar-refractivity contribution in [2.75, 3.05) is 6.54 Å². The number of carbonyl (C=O) groups excluding carboxylic acids is 1. The number of carbonyl (C=O) groups is 1. The SMILES string of the molecule is CC(CN)(NC(=O)c1ccc(-n2ccnc2)nc1)C1CC1. The molecule has 0 saturated heterocycles. The molecule has 3 rings (SSSR count). The van der Waals surface area contributed by atoms with Crippen molar-refractivity contribution >= 4 is 5.91 Å². The van der Waals surface area contributed by atoms with Crippen LogP contribution in [-0.2, 0) is 0 Å². The molecule has 1 fully saturated rings. The van der Waals surface area contributed by atoms with Crippen LogP contribution >= 0.6 is 0 Å². The Morgan fingerprint density at radius 2 is 2.33 bits per heavy atom. The third-order valence-corrected chi connectivity index (χ3v) is 4.08. The Bertz CT molecular complexity index is 618. The highest BCUT2D eigenvalue weighted by Gasteiger charge is 2.41. The summed E-state index contributed by atoms with van der Waals surface area (Å²) in [5, 5.41) is 3.05. The Hall–Kier alpha value is -2.21. The van der Waals surface area contributed by atoms with Crippen LogP contribution < -0.4 is 11.1 Å². The molecular weight excluding hydrogens is 266 g/mol. The first-order valence-corrected chi connectivity index (χ1v) is 7.09. The fraction of sp³-hybridized carbons (Fsp3) is 0.400. The van der Waals surface area contributed by atoms with Crippen molar-refractivity contribution < 1.29 is 4.79 Å². The molecule has 1 aliphatic rings. The number of nitrogens with zero attached hydrogens (tertiary/aromatic N) is 3. The predicted molar refractivity (Wildman–Crippen MR) is 79.0 cm³/mol. The van der Waals surface area contributed by atoms with Crippen molar-refractivity contribution in [3.05, 3.63) is 42.6 Å². The molecule has 0 aromatic carbocycles. The standard InChI is InChI=1S/C15H19N5O/c1-15(9-16,12-3-4-12)19-14(21)11-2-5-13(18-8-11)20-7-6-17-10-20/h2,5-8,10,12H,3-4,9,16H2,1H3,(H,19,21). The fourth-order valence-electron chi connectivity index (χ4n) is 2.44. The van der Waals surface area contributed by atoms with Gasteiger partial charge in [0.2, 0.25) is 0 Å². The molecule has 6 heteroatoms. The smallest absolute Gasteiger partial charge is 0.253 e. The van der Waals surface area contributed by atoms with Crippen molar-refractivity contribution in [1.29, 1.82) is 0 Å². The molecule has 2 heterocycles. The van der Waals surface area contributed by atoms with E-state index in [1.807, 2.05) is 6.92 Å². The molecule has 110 valence electrons. The fourth-order valence-corrected chi connectivity index (χ4v) is 2.44. The van der Waals surface area contributed by atoms with Gasteiger partial charge in [-0.05, 0) is 37.8 Å². The van der Waals surface area contributed by atoms with E-state index in [0.717, 1.165) is 18.7 Å². The van der Waals surface area contributed by atoms with Crippen LogP contribution in [-0.4, -0.2) is 32.5 Å². The zero-order chi connectivity index (χ0) is 14.9. The molecule has 2 aromatic heterocycles. The number of imidazole rings is 1. The summed E-state index contributed by atoms with van der Waals surface area (Å²) in [4.78, 5) is 20.6. The summed E-state index contributed by atoms with van der Waals surface area (Å²) in [5.41, 5.74) is 6.04. The normalized spacial score (nSPS) is 17.2. The Kier molecular flexibility index (Phi) is 3.47. The first-order valence-electron chi connectivity index (χ1n) is 7.09. The maximum Gasteiger partial charge on any atom is 0.253 e. The number of hydrogen-bond acceptors (Lipinski definition) is 4. The molecule has 1 aliphatic carbocycles. The van der Waals surface area contributed by atoms with Gasteiger partial charge in [-0.3, -0.25) is 9.36 Å². The minimum Gasteiger partial charge on any atom is -0.345 e. The number of aromatic nitrogens is 3. The van der Waals surface area contributed by atoms with Crippen LogP contribution in [0.25, 0.3) is 5.82 Å². The third kappa shape index (κ3) is 2.80. The van der Waals surface area contributed by atoms with Crippen LogP contribution in [0, 0.1) is 5.92 Å². The molecule has 0 aliphatic heterocycles. The second-order valence-corrected chi connectivity index (χ2v) is 5.73. The molecule has 3 N–H and O–H groups in total. The predicted octanol–water partition coefficient (Wildman–Crippen LogP) is 1.12. The molecular formula is C15H19N5O. The van der Waals surface area contributed by atoms with Crippen molar-refractivity contribution in [3.8, 4) is 5.82 Å². The van der Waals surface area contributed by atoms with Gasteiger partial charge in [-0.1, -0.05) is 0 Å². The van der Waals surface area contributed by atoms with Crippen LogP contribution in [0.15, 0.2) is 37.1 Å². The Morgan fingerprint density at radius 3 is 2.86 bits per heavy atom. The molecule has 0 bridgehead atoms. The number of rotatable bonds is 5. The summed E-state index contributed by atoms with van der Waals surface area (Å²) in [6.45, 7) is 2.46. The molecule has 0 spiro atoms. The molecule has 21 heavy (non-hydrogen) atoms. The maximum absolute atomic E-state index is 12.3. The number of nitrogens with two attached hydrogens (primary N) is 1. The second-order valence-electron chi connectivity index (χ2n) is 5.73. The van der Waals surface area contributed by atoms with Gasteiger partial charge in [0.25, 0.3) is 5.91 Å². The molecule has 1 saturated carbocycles. The first-order chi connectivity index (χ1) is 10.1. The molecule has 1 atom stereocenters. The quantitative estimate of drug-likeness (QED) is 0.862. The van der Waals surface area contributed by atoms with E-state index in [4.69, 9.17) is 5.73 Å². The van der Waals surface area contributed by atoms with E-state index in [-0.39, 0.29) is 11.4 Å². The molecule has 1 amide bonds. The van der Waals surface area contributed by atoms with Crippen LogP contribution in [0.4, 0.5) is 0 Å². The maximum atomic E-state index is 12.3. The second kappa shape index (κ2) is 5.29. The van der Waals surface area contributed by atoms with Crippen molar-refractivity contribution in [2.45, 2.75) is 25.3 Å². The summed E-state index contributed by atoms with van der Waals surface area (Å²) < 4.78 is 1.79. The Labute approximate surface area is 123 Å². The first kappa shape index (κ1) is 13.8. The van der Waals surface area contributed by atoms with Crippen LogP contribution in [0.1, 0.15) is 30.1 Å². The lowest BCUT2D eigenvalue weighted by atomic mass is 9.95. The van der Waals surface area contributed by atoms with Gasteiger partial charge in [-0.2, -0.15) is 0 Å². The zero-order valence-corrected chi connectivity index (χ0v) is 12.0. The zero-order valence-electron chi connectivity index (χ0n) is 12.0. The number of hydrogen-bond donors (Lipinski definition) is 2. The molecule has 2 aromatic rings. The average Bonchev–Trinajstić information content (AvgIpc) is 3.23. The highest BCUT2D eigenvalue weighted by molar-refractivity contribution is 5.94. The van der Waals surface area contributed by atoms with E-state index >= 15 is 0 Å². The molecule has 1 unspecified atom stereocenters. The van der Waals surface area contributed by atoms with Crippen LogP contribution in [0.5, 0.6) is 0 Å². The van der Waals surface area contributed by atoms with Crippen LogP contribution in [0.3, 0.4) is 0 Å². The molecule has 6 nitrogen and oxygen atoms in total. The van der Waals surface area contributed by atoms with Gasteiger partial charge < -0.3 is 11.1 Å². The van der Waals surface area contributed by atoms with Crippen molar-refractivity contribution in [1.82, 2.24) is 19.9 Å². The van der Waals surface area contributed by atoms with Crippen molar-refractivity contribution in [3.63, 3.8) is 0 Å². The average molecular weight is 285 g/mol. The summed E-state index contributed by atoms with van der Waals surface area (Å²) in [7, 11) is 0. The number of pyridine rings is 1. The number of amides is 1. The van der Waals surface area contributed by atoms with E-state index in [1.54, 1.807) is 41.6 Å². The summed E-state index contributed by atoms with van der Waals surface area (Å²) in [6.07, 6.45) is 9.00. The Morgan fingerprint density at radius 1 is 1.52 bits per heavy atom. The van der Waals surface area contributed by atoms with Gasteiger partial charge in [0, 0.05) is 25.1 Å². The minimum atomic E-state index is -0.319. The van der Waals surface area contributed by atoms with Gasteiger partial charge in [0.1, 0.15) is 12.1 Å². The third-order valence-electron chi connectivity index (χ3n) is 4.08. The minimum absolute atomic E-state index is 0.125. The van der Waals surface area contributed by atoms with Gasteiger partial charge in [-0.15, -0.1) is 0 Å². The number of nitrogens with one attached hydrogen (secondary N) is 1. The lowest BCUT2D eigenvalue weighted by Crippen LogP contribution is -2.53. The van der Waals surface area contributed by atoms with Gasteiger partial charge in [0.15, 0.2) is 0 Å². The summed E-state index contributed by atoms with van der Waals surface area (Å²) in [5.74, 6) is 1.09. The van der Waals surface area contributed by atoms with Gasteiger partial charge in [0.05, 0.1) is 11.1 Å². The lowest BCUT2D eigenvalue weighted by Gasteiger charge is -2.29. The van der Waals surface area contributed by atoms with E-state index in [1.165, 1.54) is 0 Å². The largest absolute Gasteiger partial charge is 0.345 e. The van der Waals surface area contributed by atoms with Gasteiger partial charge >= 0.3 is 0 Å². The van der Waals surface area contributed by atoms with E-state index in [0.29, 0.717) is 18.0 Å². The van der Waals surface area contributed by atoms with E-state index in [9.17, 15) is 4.79 Å². The summed E-state index contributed by atoms with van der Waals surface area (Å²) >= 11 is 0. The summed E-state index contributed by atoms with van der Waals surface area (Å²) in [6, 6.07) is 3.56. The highest BCUT2D eigenvalue weighted by Crippen LogP contribution is 2.39. The van der Waals surface area contributed by atoms with E-state index < -0.39 is 0 Å². The van der Waals surface area contributed by atoms with Crippen LogP contribution in [0.2, 0.25) is 0 Å².